The molecule has 1 atom stereocenters. The van der Waals surface area contributed by atoms with Crippen molar-refractivity contribution in [3.8, 4) is 0 Å². The van der Waals surface area contributed by atoms with E-state index in [4.69, 9.17) is 4.98 Å². The summed E-state index contributed by atoms with van der Waals surface area (Å²) in [6.45, 7) is 2.05. The summed E-state index contributed by atoms with van der Waals surface area (Å²) < 4.78 is 0. The lowest BCUT2D eigenvalue weighted by molar-refractivity contribution is 0.599. The number of pyridine rings is 1. The molecule has 2 aromatic heterocycles. The molecule has 0 saturated heterocycles. The molecule has 1 aromatic carbocycles. The number of aromatic nitrogens is 2. The third-order valence-electron chi connectivity index (χ3n) is 3.87. The Labute approximate surface area is 128 Å². The number of hydrogen-bond donors (Lipinski definition) is 1. The van der Waals surface area contributed by atoms with E-state index in [-0.39, 0.29) is 6.04 Å². The quantitative estimate of drug-likeness (QED) is 0.794. The van der Waals surface area contributed by atoms with Crippen LogP contribution < -0.4 is 5.32 Å². The van der Waals surface area contributed by atoms with Gasteiger partial charge in [-0.1, -0.05) is 24.3 Å². The zero-order valence-corrected chi connectivity index (χ0v) is 12.7. The second kappa shape index (κ2) is 5.20. The number of aryl methyl sites for hydroxylation is 1. The maximum Gasteiger partial charge on any atom is 0.114 e. The van der Waals surface area contributed by atoms with Crippen LogP contribution in [0.4, 0.5) is 0 Å². The van der Waals surface area contributed by atoms with Crippen molar-refractivity contribution in [2.75, 3.05) is 0 Å². The lowest BCUT2D eigenvalue weighted by Gasteiger charge is -2.18. The smallest absolute Gasteiger partial charge is 0.114 e. The van der Waals surface area contributed by atoms with Crippen LogP contribution in [-0.2, 0) is 0 Å². The van der Waals surface area contributed by atoms with Crippen molar-refractivity contribution in [3.05, 3.63) is 58.3 Å². The van der Waals surface area contributed by atoms with E-state index in [1.807, 2.05) is 12.4 Å². The lowest BCUT2D eigenvalue weighted by Crippen LogP contribution is -2.24. The highest BCUT2D eigenvalue weighted by Crippen LogP contribution is 2.33. The number of rotatable bonds is 4. The van der Waals surface area contributed by atoms with Gasteiger partial charge in [-0.15, -0.1) is 11.3 Å². The normalized spacial score (nSPS) is 16.2. The number of thiazole rings is 1. The Balaban J connectivity index is 1.84. The van der Waals surface area contributed by atoms with E-state index in [2.05, 4.69) is 46.9 Å². The summed E-state index contributed by atoms with van der Waals surface area (Å²) in [6, 6.07) is 9.22. The molecule has 0 spiro atoms. The molecule has 1 fully saturated rings. The van der Waals surface area contributed by atoms with Crippen LogP contribution in [0.15, 0.2) is 42.0 Å². The summed E-state index contributed by atoms with van der Waals surface area (Å²) in [6.07, 6.45) is 6.44. The van der Waals surface area contributed by atoms with E-state index in [1.165, 1.54) is 29.2 Å². The van der Waals surface area contributed by atoms with Gasteiger partial charge in [0.05, 0.1) is 6.04 Å². The summed E-state index contributed by atoms with van der Waals surface area (Å²) >= 11 is 1.73. The third-order valence-corrected chi connectivity index (χ3v) is 4.90. The van der Waals surface area contributed by atoms with Gasteiger partial charge >= 0.3 is 0 Å². The Morgan fingerprint density at radius 2 is 2.10 bits per heavy atom. The Morgan fingerprint density at radius 1 is 1.24 bits per heavy atom. The summed E-state index contributed by atoms with van der Waals surface area (Å²) in [7, 11) is 0. The van der Waals surface area contributed by atoms with E-state index in [1.54, 1.807) is 11.3 Å². The highest BCUT2D eigenvalue weighted by atomic mass is 32.1. The van der Waals surface area contributed by atoms with Crippen molar-refractivity contribution in [1.29, 1.82) is 0 Å². The Bertz CT molecular complexity index is 771. The fourth-order valence-electron chi connectivity index (χ4n) is 2.65. The van der Waals surface area contributed by atoms with Crippen LogP contribution >= 0.6 is 11.3 Å². The lowest BCUT2D eigenvalue weighted by atomic mass is 10.0. The van der Waals surface area contributed by atoms with Crippen LogP contribution in [0.25, 0.3) is 10.8 Å². The third kappa shape index (κ3) is 2.57. The van der Waals surface area contributed by atoms with Crippen molar-refractivity contribution in [1.82, 2.24) is 15.3 Å². The SMILES string of the molecule is Cc1csc(C(NC2CC2)c2cncc3ccccc23)n1. The van der Waals surface area contributed by atoms with E-state index in [0.29, 0.717) is 6.04 Å². The fraction of sp³-hybridized carbons (Fsp3) is 0.294. The van der Waals surface area contributed by atoms with Crippen LogP contribution in [-0.4, -0.2) is 16.0 Å². The maximum atomic E-state index is 4.70. The Hall–Kier alpha value is -1.78. The van der Waals surface area contributed by atoms with Gasteiger partial charge in [-0.3, -0.25) is 4.98 Å². The van der Waals surface area contributed by atoms with Crippen molar-refractivity contribution in [2.45, 2.75) is 31.8 Å². The topological polar surface area (TPSA) is 37.8 Å². The average molecular weight is 295 g/mol. The molecule has 1 N–H and O–H groups in total. The van der Waals surface area contributed by atoms with E-state index < -0.39 is 0 Å². The molecule has 0 amide bonds. The molecule has 21 heavy (non-hydrogen) atoms. The highest BCUT2D eigenvalue weighted by Gasteiger charge is 2.28. The van der Waals surface area contributed by atoms with Crippen LogP contribution in [0.2, 0.25) is 0 Å². The van der Waals surface area contributed by atoms with Gasteiger partial charge in [0.2, 0.25) is 0 Å². The largest absolute Gasteiger partial charge is 0.301 e. The van der Waals surface area contributed by atoms with Gasteiger partial charge in [-0.25, -0.2) is 4.98 Å². The number of hydrogen-bond acceptors (Lipinski definition) is 4. The summed E-state index contributed by atoms with van der Waals surface area (Å²) in [5.41, 5.74) is 2.32. The van der Waals surface area contributed by atoms with E-state index >= 15 is 0 Å². The second-order valence-corrected chi connectivity index (χ2v) is 6.54. The molecule has 0 aliphatic heterocycles. The van der Waals surface area contributed by atoms with Crippen LogP contribution in [0.5, 0.6) is 0 Å². The number of nitrogens with zero attached hydrogens (tertiary/aromatic N) is 2. The minimum Gasteiger partial charge on any atom is -0.301 e. The van der Waals surface area contributed by atoms with Gasteiger partial charge in [0.25, 0.3) is 0 Å². The molecule has 1 saturated carbocycles. The van der Waals surface area contributed by atoms with E-state index in [9.17, 15) is 0 Å². The molecule has 3 aromatic rings. The van der Waals surface area contributed by atoms with Crippen molar-refractivity contribution >= 4 is 22.1 Å². The molecular formula is C17H17N3S. The maximum absolute atomic E-state index is 4.70. The monoisotopic (exact) mass is 295 g/mol. The molecule has 4 rings (SSSR count). The molecule has 0 radical (unpaired) electrons. The molecular weight excluding hydrogens is 278 g/mol. The van der Waals surface area contributed by atoms with Gasteiger partial charge in [0.1, 0.15) is 5.01 Å². The van der Waals surface area contributed by atoms with Gasteiger partial charge < -0.3 is 5.32 Å². The second-order valence-electron chi connectivity index (χ2n) is 5.65. The number of nitrogens with one attached hydrogen (secondary N) is 1. The molecule has 2 heterocycles. The van der Waals surface area contributed by atoms with Crippen molar-refractivity contribution in [3.63, 3.8) is 0 Å². The Morgan fingerprint density at radius 3 is 2.86 bits per heavy atom. The number of benzene rings is 1. The first-order valence-electron chi connectivity index (χ1n) is 7.32. The molecule has 1 unspecified atom stereocenters. The Kier molecular flexibility index (Phi) is 3.20. The summed E-state index contributed by atoms with van der Waals surface area (Å²) in [4.78, 5) is 9.13. The predicted molar refractivity (Wildman–Crippen MR) is 86.6 cm³/mol. The van der Waals surface area contributed by atoms with Gasteiger partial charge in [-0.05, 0) is 25.2 Å². The number of fused-ring (bicyclic) bond motifs is 1. The van der Waals surface area contributed by atoms with E-state index in [0.717, 1.165) is 10.7 Å². The minimum atomic E-state index is 0.148. The summed E-state index contributed by atoms with van der Waals surface area (Å²) in [5.74, 6) is 0. The predicted octanol–water partition coefficient (Wildman–Crippen LogP) is 3.84. The van der Waals surface area contributed by atoms with Crippen molar-refractivity contribution in [2.24, 2.45) is 0 Å². The van der Waals surface area contributed by atoms with Crippen molar-refractivity contribution < 1.29 is 0 Å². The zero-order valence-electron chi connectivity index (χ0n) is 11.9. The first-order chi connectivity index (χ1) is 10.3. The molecule has 1 aliphatic rings. The molecule has 4 heteroatoms. The first-order valence-corrected chi connectivity index (χ1v) is 8.20. The standard InChI is InChI=1S/C17H17N3S/c1-11-10-21-17(19-11)16(20-13-6-7-13)15-9-18-8-12-4-2-3-5-14(12)15/h2-5,8-10,13,16,20H,6-7H2,1H3. The van der Waals surface area contributed by atoms with Crippen LogP contribution in [0, 0.1) is 6.92 Å². The molecule has 3 nitrogen and oxygen atoms in total. The fourth-order valence-corrected chi connectivity index (χ4v) is 3.53. The average Bonchev–Trinajstić information content (AvgIpc) is 3.24. The van der Waals surface area contributed by atoms with Crippen LogP contribution in [0.1, 0.15) is 35.1 Å². The summed E-state index contributed by atoms with van der Waals surface area (Å²) in [5, 5.41) is 9.44. The van der Waals surface area contributed by atoms with Gasteiger partial charge in [0.15, 0.2) is 0 Å². The van der Waals surface area contributed by atoms with Gasteiger partial charge in [0, 0.05) is 40.5 Å². The van der Waals surface area contributed by atoms with Crippen LogP contribution in [0.3, 0.4) is 0 Å². The van der Waals surface area contributed by atoms with Gasteiger partial charge in [-0.2, -0.15) is 0 Å². The molecule has 1 aliphatic carbocycles. The first kappa shape index (κ1) is 12.9. The zero-order chi connectivity index (χ0) is 14.2. The molecule has 106 valence electrons. The minimum absolute atomic E-state index is 0.148. The highest BCUT2D eigenvalue weighted by molar-refractivity contribution is 7.09. The molecule has 0 bridgehead atoms.